The third-order valence-electron chi connectivity index (χ3n) is 4.23. The summed E-state index contributed by atoms with van der Waals surface area (Å²) in [4.78, 5) is 24.0. The molecule has 0 radical (unpaired) electrons. The number of halogens is 1. The van der Waals surface area contributed by atoms with E-state index in [-0.39, 0.29) is 6.42 Å². The van der Waals surface area contributed by atoms with Crippen molar-refractivity contribution in [3.8, 4) is 0 Å². The van der Waals surface area contributed by atoms with Crippen LogP contribution in [-0.2, 0) is 14.9 Å². The number of aliphatic hydroxyl groups excluding tert-OH is 2. The zero-order valence-electron chi connectivity index (χ0n) is 11.2. The van der Waals surface area contributed by atoms with Crippen LogP contribution in [0.25, 0.3) is 0 Å². The monoisotopic (exact) mass is 355 g/mol. The molecule has 1 fully saturated rings. The van der Waals surface area contributed by atoms with Gasteiger partial charge in [-0.25, -0.2) is 4.79 Å². The van der Waals surface area contributed by atoms with E-state index in [1.54, 1.807) is 12.1 Å². The smallest absolute Gasteiger partial charge is 0.337 e. The number of Topliss-reactive ketones (excluding diaryl/α,β-unsaturated/α-hetero) is 1. The van der Waals surface area contributed by atoms with Gasteiger partial charge in [0, 0.05) is 22.3 Å². The Kier molecular flexibility index (Phi) is 3.31. The van der Waals surface area contributed by atoms with E-state index < -0.39 is 29.4 Å². The maximum Gasteiger partial charge on any atom is 0.337 e. The van der Waals surface area contributed by atoms with Crippen LogP contribution in [0.2, 0.25) is 0 Å². The van der Waals surface area contributed by atoms with Crippen LogP contribution in [0.4, 0.5) is 5.69 Å². The van der Waals surface area contributed by atoms with Crippen LogP contribution in [0.5, 0.6) is 0 Å². The second kappa shape index (κ2) is 4.79. The van der Waals surface area contributed by atoms with Crippen molar-refractivity contribution in [1.82, 2.24) is 0 Å². The SMILES string of the molecule is COC(=O)c1cc(Br)c2c(c1)NCC21CC(O)C(O)C1=O. The minimum absolute atomic E-state index is 0.156. The molecule has 1 aromatic carbocycles. The number of fused-ring (bicyclic) bond motifs is 2. The van der Waals surface area contributed by atoms with Crippen molar-refractivity contribution in [1.29, 1.82) is 0 Å². The van der Waals surface area contributed by atoms with Gasteiger partial charge in [0.25, 0.3) is 0 Å². The molecule has 21 heavy (non-hydrogen) atoms. The van der Waals surface area contributed by atoms with E-state index in [2.05, 4.69) is 26.0 Å². The number of ether oxygens (including phenoxy) is 1. The largest absolute Gasteiger partial charge is 0.465 e. The van der Waals surface area contributed by atoms with E-state index in [4.69, 9.17) is 0 Å². The average Bonchev–Trinajstić information content (AvgIpc) is 2.93. The normalized spacial score (nSPS) is 30.4. The number of anilines is 1. The van der Waals surface area contributed by atoms with Crippen LogP contribution in [0.3, 0.4) is 0 Å². The predicted molar refractivity (Wildman–Crippen MR) is 77.3 cm³/mol. The Morgan fingerprint density at radius 1 is 1.48 bits per heavy atom. The summed E-state index contributed by atoms with van der Waals surface area (Å²) < 4.78 is 5.27. The summed E-state index contributed by atoms with van der Waals surface area (Å²) in [7, 11) is 1.30. The number of hydrogen-bond donors (Lipinski definition) is 3. The minimum Gasteiger partial charge on any atom is -0.465 e. The molecule has 0 amide bonds. The fourth-order valence-corrected chi connectivity index (χ4v) is 4.05. The van der Waals surface area contributed by atoms with Gasteiger partial charge in [0.1, 0.15) is 6.10 Å². The van der Waals surface area contributed by atoms with Gasteiger partial charge >= 0.3 is 5.97 Å². The summed E-state index contributed by atoms with van der Waals surface area (Å²) in [5.41, 5.74) is 0.719. The molecule has 1 spiro atoms. The van der Waals surface area contributed by atoms with E-state index in [0.29, 0.717) is 27.8 Å². The van der Waals surface area contributed by atoms with Crippen LogP contribution < -0.4 is 5.32 Å². The Labute approximate surface area is 129 Å². The van der Waals surface area contributed by atoms with Crippen molar-refractivity contribution in [2.75, 3.05) is 19.0 Å². The van der Waals surface area contributed by atoms with Gasteiger partial charge < -0.3 is 20.3 Å². The van der Waals surface area contributed by atoms with Crippen molar-refractivity contribution in [3.05, 3.63) is 27.7 Å². The van der Waals surface area contributed by atoms with Gasteiger partial charge in [0.15, 0.2) is 5.78 Å². The average molecular weight is 356 g/mol. The van der Waals surface area contributed by atoms with Crippen LogP contribution in [-0.4, -0.2) is 47.8 Å². The Bertz CT molecular complexity index is 646. The van der Waals surface area contributed by atoms with Crippen molar-refractivity contribution >= 4 is 33.4 Å². The summed E-state index contributed by atoms with van der Waals surface area (Å²) >= 11 is 3.38. The lowest BCUT2D eigenvalue weighted by atomic mass is 9.79. The van der Waals surface area contributed by atoms with Crippen LogP contribution in [0.15, 0.2) is 16.6 Å². The van der Waals surface area contributed by atoms with Crippen LogP contribution in [0, 0.1) is 0 Å². The molecule has 1 saturated carbocycles. The van der Waals surface area contributed by atoms with Gasteiger partial charge in [-0.1, -0.05) is 15.9 Å². The number of methoxy groups -OCH3 is 1. The molecule has 3 atom stereocenters. The van der Waals surface area contributed by atoms with E-state index in [9.17, 15) is 19.8 Å². The number of benzene rings is 1. The number of hydrogen-bond acceptors (Lipinski definition) is 6. The quantitative estimate of drug-likeness (QED) is 0.638. The second-order valence-corrected chi connectivity index (χ2v) is 6.24. The Morgan fingerprint density at radius 3 is 2.76 bits per heavy atom. The molecule has 1 aliphatic carbocycles. The van der Waals surface area contributed by atoms with E-state index >= 15 is 0 Å². The summed E-state index contributed by atoms with van der Waals surface area (Å²) in [6.07, 6.45) is -2.29. The molecular weight excluding hydrogens is 342 g/mol. The summed E-state index contributed by atoms with van der Waals surface area (Å²) in [5, 5.41) is 22.7. The molecule has 0 saturated heterocycles. The number of aliphatic hydroxyl groups is 2. The first kappa shape index (κ1) is 14.5. The van der Waals surface area contributed by atoms with Crippen LogP contribution >= 0.6 is 15.9 Å². The zero-order valence-corrected chi connectivity index (χ0v) is 12.8. The molecule has 3 unspecified atom stereocenters. The molecule has 0 aromatic heterocycles. The molecule has 1 aromatic rings. The Balaban J connectivity index is 2.12. The lowest BCUT2D eigenvalue weighted by molar-refractivity contribution is -0.130. The number of ketones is 1. The van der Waals surface area contributed by atoms with Gasteiger partial charge in [-0.15, -0.1) is 0 Å². The van der Waals surface area contributed by atoms with Crippen LogP contribution in [0.1, 0.15) is 22.3 Å². The molecule has 3 N–H and O–H groups in total. The van der Waals surface area contributed by atoms with Crippen molar-refractivity contribution in [2.24, 2.45) is 0 Å². The van der Waals surface area contributed by atoms with Crippen molar-refractivity contribution in [3.63, 3.8) is 0 Å². The topological polar surface area (TPSA) is 95.9 Å². The van der Waals surface area contributed by atoms with Gasteiger partial charge in [0.2, 0.25) is 0 Å². The van der Waals surface area contributed by atoms with E-state index in [1.165, 1.54) is 7.11 Å². The molecular formula is C14H14BrNO5. The lowest BCUT2D eigenvalue weighted by Gasteiger charge is -2.22. The van der Waals surface area contributed by atoms with Crippen molar-refractivity contribution in [2.45, 2.75) is 24.0 Å². The molecule has 112 valence electrons. The highest BCUT2D eigenvalue weighted by Crippen LogP contribution is 2.49. The minimum atomic E-state index is -1.37. The molecule has 1 heterocycles. The standard InChI is InChI=1S/C14H14BrNO5/c1-21-13(20)6-2-7(15)10-8(3-6)16-5-14(10)4-9(17)11(18)12(14)19/h2-3,9,11,16-18H,4-5H2,1H3. The maximum atomic E-state index is 12.4. The number of nitrogens with one attached hydrogen (secondary N) is 1. The fourth-order valence-electron chi connectivity index (χ4n) is 3.21. The highest BCUT2D eigenvalue weighted by atomic mass is 79.9. The van der Waals surface area contributed by atoms with Gasteiger partial charge in [-0.3, -0.25) is 4.79 Å². The Morgan fingerprint density at radius 2 is 2.19 bits per heavy atom. The lowest BCUT2D eigenvalue weighted by Crippen LogP contribution is -2.37. The number of rotatable bonds is 1. The summed E-state index contributed by atoms with van der Waals surface area (Å²) in [5.74, 6) is -0.869. The molecule has 6 nitrogen and oxygen atoms in total. The predicted octanol–water partition coefficient (Wildman–Crippen LogP) is 0.594. The first-order valence-corrected chi connectivity index (χ1v) is 7.26. The van der Waals surface area contributed by atoms with E-state index in [1.807, 2.05) is 0 Å². The number of carbonyl (C=O) groups excluding carboxylic acids is 2. The van der Waals surface area contributed by atoms with Gasteiger partial charge in [-0.2, -0.15) is 0 Å². The third kappa shape index (κ3) is 1.91. The first-order chi connectivity index (χ1) is 9.90. The van der Waals surface area contributed by atoms with Gasteiger partial charge in [-0.05, 0) is 18.6 Å². The zero-order chi connectivity index (χ0) is 15.4. The fraction of sp³-hybridized carbons (Fsp3) is 0.429. The highest BCUT2D eigenvalue weighted by Gasteiger charge is 2.57. The molecule has 3 rings (SSSR count). The van der Waals surface area contributed by atoms with Gasteiger partial charge in [0.05, 0.1) is 24.2 Å². The summed E-state index contributed by atoms with van der Waals surface area (Å²) in [6, 6.07) is 3.20. The number of esters is 1. The molecule has 2 aliphatic rings. The second-order valence-electron chi connectivity index (χ2n) is 5.39. The van der Waals surface area contributed by atoms with E-state index in [0.717, 1.165) is 0 Å². The third-order valence-corrected chi connectivity index (χ3v) is 4.86. The molecule has 1 aliphatic heterocycles. The Hall–Kier alpha value is -1.44. The number of carbonyl (C=O) groups is 2. The highest BCUT2D eigenvalue weighted by molar-refractivity contribution is 9.10. The maximum absolute atomic E-state index is 12.4. The molecule has 0 bridgehead atoms. The summed E-state index contributed by atoms with van der Waals surface area (Å²) in [6.45, 7) is 0.290. The van der Waals surface area contributed by atoms with Crippen molar-refractivity contribution < 1.29 is 24.5 Å². The first-order valence-electron chi connectivity index (χ1n) is 6.47. The molecule has 7 heteroatoms.